The lowest BCUT2D eigenvalue weighted by Crippen LogP contribution is -2.34. The highest BCUT2D eigenvalue weighted by atomic mass is 16.2. The van der Waals surface area contributed by atoms with E-state index in [1.165, 1.54) is 0 Å². The van der Waals surface area contributed by atoms with Gasteiger partial charge in [-0.3, -0.25) is 9.59 Å². The number of urea groups is 1. The van der Waals surface area contributed by atoms with Crippen molar-refractivity contribution in [3.63, 3.8) is 0 Å². The average molecular weight is 417 g/mol. The van der Waals surface area contributed by atoms with Crippen LogP contribution < -0.4 is 15.5 Å². The molecule has 3 aromatic rings. The van der Waals surface area contributed by atoms with Gasteiger partial charge in [-0.05, 0) is 24.1 Å². The monoisotopic (exact) mass is 417 g/mol. The van der Waals surface area contributed by atoms with E-state index in [4.69, 9.17) is 0 Å². The summed E-state index contributed by atoms with van der Waals surface area (Å²) in [6, 6.07) is 16.7. The van der Waals surface area contributed by atoms with Crippen LogP contribution in [0.4, 0.5) is 10.5 Å². The van der Waals surface area contributed by atoms with Crippen LogP contribution in [0.5, 0.6) is 0 Å². The van der Waals surface area contributed by atoms with Gasteiger partial charge in [-0.1, -0.05) is 48.5 Å². The van der Waals surface area contributed by atoms with Gasteiger partial charge in [0.2, 0.25) is 5.91 Å². The minimum atomic E-state index is -0.734. The third-order valence-corrected chi connectivity index (χ3v) is 5.25. The number of amides is 4. The van der Waals surface area contributed by atoms with Gasteiger partial charge in [-0.2, -0.15) is 0 Å². The number of rotatable bonds is 7. The largest absolute Gasteiger partial charge is 0.342 e. The zero-order valence-corrected chi connectivity index (χ0v) is 17.1. The first-order valence-corrected chi connectivity index (χ1v) is 10.1. The van der Waals surface area contributed by atoms with Crippen LogP contribution in [0, 0.1) is 0 Å². The molecule has 1 aliphatic heterocycles. The lowest BCUT2D eigenvalue weighted by atomic mass is 10.1. The van der Waals surface area contributed by atoms with Gasteiger partial charge in [-0.15, -0.1) is 0 Å². The van der Waals surface area contributed by atoms with Crippen LogP contribution in [0.3, 0.4) is 0 Å². The minimum absolute atomic E-state index is 0.0903. The van der Waals surface area contributed by atoms with E-state index in [1.54, 1.807) is 30.5 Å². The van der Waals surface area contributed by atoms with Gasteiger partial charge in [0.1, 0.15) is 17.9 Å². The first kappa shape index (κ1) is 20.3. The molecule has 1 saturated heterocycles. The summed E-state index contributed by atoms with van der Waals surface area (Å²) in [7, 11) is 1.87. The fraction of sp³-hybridized carbons (Fsp3) is 0.217. The molecule has 2 atom stereocenters. The van der Waals surface area contributed by atoms with Crippen molar-refractivity contribution < 1.29 is 14.4 Å². The molecule has 31 heavy (non-hydrogen) atoms. The van der Waals surface area contributed by atoms with Crippen molar-refractivity contribution in [2.75, 3.05) is 4.90 Å². The van der Waals surface area contributed by atoms with Gasteiger partial charge in [0.25, 0.3) is 5.91 Å². The normalized spacial score (nSPS) is 16.8. The maximum absolute atomic E-state index is 12.7. The van der Waals surface area contributed by atoms with Crippen molar-refractivity contribution >= 4 is 23.5 Å². The number of aromatic nitrogens is 2. The number of carbonyl (C=O) groups is 3. The number of hydrogen-bond donors (Lipinski definition) is 2. The number of carbonyl (C=O) groups excluding carboxylic acids is 3. The molecule has 4 amide bonds. The van der Waals surface area contributed by atoms with Crippen molar-refractivity contribution in [3.05, 3.63) is 84.4 Å². The molecule has 0 unspecified atom stereocenters. The highest BCUT2D eigenvalue weighted by Crippen LogP contribution is 2.22. The highest BCUT2D eigenvalue weighted by molar-refractivity contribution is 6.21. The number of anilines is 1. The average Bonchev–Trinajstić information content (AvgIpc) is 3.33. The van der Waals surface area contributed by atoms with Gasteiger partial charge in [0.05, 0.1) is 5.69 Å². The zero-order valence-electron chi connectivity index (χ0n) is 17.1. The summed E-state index contributed by atoms with van der Waals surface area (Å²) >= 11 is 0. The molecule has 8 nitrogen and oxygen atoms in total. The molecule has 2 heterocycles. The summed E-state index contributed by atoms with van der Waals surface area (Å²) in [6.07, 6.45) is 3.81. The van der Waals surface area contributed by atoms with Crippen LogP contribution in [-0.2, 0) is 16.6 Å². The van der Waals surface area contributed by atoms with E-state index in [9.17, 15) is 14.4 Å². The van der Waals surface area contributed by atoms with Gasteiger partial charge in [0, 0.05) is 25.9 Å². The Morgan fingerprint density at radius 3 is 2.42 bits per heavy atom. The number of benzene rings is 2. The lowest BCUT2D eigenvalue weighted by Gasteiger charge is -2.19. The van der Waals surface area contributed by atoms with E-state index in [-0.39, 0.29) is 24.7 Å². The number of para-hydroxylation sites is 1. The maximum atomic E-state index is 12.7. The summed E-state index contributed by atoms with van der Waals surface area (Å²) < 4.78 is 1.86. The number of imidazole rings is 1. The number of aryl methyl sites for hydroxylation is 1. The Bertz CT molecular complexity index is 1080. The van der Waals surface area contributed by atoms with E-state index in [0.717, 1.165) is 10.5 Å². The Balaban J connectivity index is 1.42. The van der Waals surface area contributed by atoms with Gasteiger partial charge < -0.3 is 15.2 Å². The lowest BCUT2D eigenvalue weighted by molar-refractivity contribution is -0.122. The Hall–Kier alpha value is -3.94. The van der Waals surface area contributed by atoms with Gasteiger partial charge in [-0.25, -0.2) is 14.7 Å². The van der Waals surface area contributed by atoms with E-state index in [0.29, 0.717) is 11.5 Å². The molecule has 0 bridgehead atoms. The summed E-state index contributed by atoms with van der Waals surface area (Å²) in [4.78, 5) is 43.2. The van der Waals surface area contributed by atoms with Crippen molar-refractivity contribution in [2.45, 2.75) is 24.9 Å². The van der Waals surface area contributed by atoms with Crippen LogP contribution >= 0.6 is 0 Å². The minimum Gasteiger partial charge on any atom is -0.342 e. The number of nitrogens with one attached hydrogen (secondary N) is 2. The molecule has 0 radical (unpaired) electrons. The molecular formula is C23H23N5O3. The molecule has 1 aromatic heterocycles. The predicted octanol–water partition coefficient (Wildman–Crippen LogP) is 2.53. The molecule has 0 saturated carbocycles. The quantitative estimate of drug-likeness (QED) is 0.578. The predicted molar refractivity (Wildman–Crippen MR) is 115 cm³/mol. The topological polar surface area (TPSA) is 96.3 Å². The second kappa shape index (κ2) is 8.83. The first-order chi connectivity index (χ1) is 15.0. The molecule has 8 heteroatoms. The summed E-state index contributed by atoms with van der Waals surface area (Å²) in [6.45, 7) is 0. The first-order valence-electron chi connectivity index (χ1n) is 10.1. The van der Waals surface area contributed by atoms with Crippen LogP contribution in [0.15, 0.2) is 73.1 Å². The Morgan fingerprint density at radius 1 is 1.10 bits per heavy atom. The zero-order chi connectivity index (χ0) is 21.8. The van der Waals surface area contributed by atoms with Gasteiger partial charge in [0.15, 0.2) is 0 Å². The fourth-order valence-electron chi connectivity index (χ4n) is 3.65. The Labute approximate surface area is 179 Å². The molecule has 0 aliphatic carbocycles. The van der Waals surface area contributed by atoms with Crippen molar-refractivity contribution in [1.29, 1.82) is 0 Å². The smallest absolute Gasteiger partial charge is 0.329 e. The number of nitrogens with zero attached hydrogens (tertiary/aromatic N) is 3. The second-order valence-corrected chi connectivity index (χ2v) is 7.36. The van der Waals surface area contributed by atoms with E-state index < -0.39 is 18.1 Å². The summed E-state index contributed by atoms with van der Waals surface area (Å²) in [5.41, 5.74) is 1.42. The van der Waals surface area contributed by atoms with Crippen molar-refractivity contribution in [2.24, 2.45) is 7.05 Å². The van der Waals surface area contributed by atoms with Crippen molar-refractivity contribution in [1.82, 2.24) is 20.2 Å². The summed E-state index contributed by atoms with van der Waals surface area (Å²) in [5.74, 6) is 0.129. The molecule has 0 spiro atoms. The maximum Gasteiger partial charge on any atom is 0.329 e. The van der Waals surface area contributed by atoms with Crippen LogP contribution in [0.25, 0.3) is 0 Å². The molecule has 1 aliphatic rings. The SMILES string of the molecule is Cn1ccnc1[C@@H](NC(=O)CC[C@@H]1NC(=O)N(c2ccccc2)C1=O)c1ccccc1. The summed E-state index contributed by atoms with van der Waals surface area (Å²) in [5, 5.41) is 5.68. The molecule has 158 valence electrons. The fourth-order valence-corrected chi connectivity index (χ4v) is 3.65. The third kappa shape index (κ3) is 4.32. The standard InChI is InChI=1S/C23H23N5O3/c1-27-15-14-24-21(27)20(16-8-4-2-5-9-16)26-19(29)13-12-18-22(30)28(23(31)25-18)17-10-6-3-7-11-17/h2-11,14-15,18,20H,12-13H2,1H3,(H,25,31)(H,26,29)/t18-,20-/m0/s1. The molecule has 4 rings (SSSR count). The van der Waals surface area contributed by atoms with E-state index >= 15 is 0 Å². The van der Waals surface area contributed by atoms with Gasteiger partial charge >= 0.3 is 6.03 Å². The molecular weight excluding hydrogens is 394 g/mol. The van der Waals surface area contributed by atoms with E-state index in [1.807, 2.05) is 54.2 Å². The molecule has 2 N–H and O–H groups in total. The number of imide groups is 1. The van der Waals surface area contributed by atoms with Crippen molar-refractivity contribution in [3.8, 4) is 0 Å². The van der Waals surface area contributed by atoms with Crippen LogP contribution in [0.2, 0.25) is 0 Å². The Kier molecular flexibility index (Phi) is 5.79. The molecule has 2 aromatic carbocycles. The third-order valence-electron chi connectivity index (χ3n) is 5.25. The second-order valence-electron chi connectivity index (χ2n) is 7.36. The Morgan fingerprint density at radius 2 is 1.77 bits per heavy atom. The number of hydrogen-bond acceptors (Lipinski definition) is 4. The molecule has 1 fully saturated rings. The highest BCUT2D eigenvalue weighted by Gasteiger charge is 2.39. The van der Waals surface area contributed by atoms with Crippen LogP contribution in [-0.4, -0.2) is 33.4 Å². The van der Waals surface area contributed by atoms with Crippen LogP contribution in [0.1, 0.15) is 30.3 Å². The van der Waals surface area contributed by atoms with E-state index in [2.05, 4.69) is 15.6 Å².